The number of rotatable bonds is 8. The van der Waals surface area contributed by atoms with Gasteiger partial charge in [-0.05, 0) is 44.5 Å². The van der Waals surface area contributed by atoms with Crippen molar-refractivity contribution >= 4 is 11.6 Å². The summed E-state index contributed by atoms with van der Waals surface area (Å²) < 4.78 is 17.7. The van der Waals surface area contributed by atoms with Crippen LogP contribution in [0.5, 0.6) is 0 Å². The summed E-state index contributed by atoms with van der Waals surface area (Å²) in [6.45, 7) is 7.93. The highest BCUT2D eigenvalue weighted by Crippen LogP contribution is 2.29. The molecule has 0 spiro atoms. The van der Waals surface area contributed by atoms with Crippen LogP contribution in [-0.2, 0) is 19.4 Å². The van der Waals surface area contributed by atoms with E-state index in [9.17, 15) is 9.18 Å². The van der Waals surface area contributed by atoms with E-state index in [0.29, 0.717) is 17.1 Å². The molecule has 0 radical (unpaired) electrons. The van der Waals surface area contributed by atoms with Crippen LogP contribution in [0.3, 0.4) is 0 Å². The Hall–Kier alpha value is -3.00. The van der Waals surface area contributed by atoms with Crippen LogP contribution in [0.25, 0.3) is 5.69 Å². The maximum Gasteiger partial charge on any atom is 0.276 e. The van der Waals surface area contributed by atoms with E-state index in [4.69, 9.17) is 0 Å². The van der Waals surface area contributed by atoms with Crippen LogP contribution >= 0.6 is 0 Å². The molecule has 1 aliphatic carbocycles. The van der Waals surface area contributed by atoms with E-state index in [1.54, 1.807) is 29.1 Å². The first-order chi connectivity index (χ1) is 14.6. The molecule has 1 amide bonds. The van der Waals surface area contributed by atoms with E-state index < -0.39 is 0 Å². The molecule has 0 aliphatic heterocycles. The fourth-order valence-electron chi connectivity index (χ4n) is 3.97. The maximum atomic E-state index is 14.3. The number of amides is 1. The van der Waals surface area contributed by atoms with E-state index in [1.165, 1.54) is 6.07 Å². The van der Waals surface area contributed by atoms with E-state index in [1.807, 2.05) is 10.9 Å². The van der Waals surface area contributed by atoms with Crippen LogP contribution < -0.4 is 5.32 Å². The normalized spacial score (nSPS) is 13.1. The quantitative estimate of drug-likeness (QED) is 0.619. The Bertz CT molecular complexity index is 1040. The summed E-state index contributed by atoms with van der Waals surface area (Å²) in [5, 5.41) is 11.7. The molecule has 30 heavy (non-hydrogen) atoms. The van der Waals surface area contributed by atoms with Gasteiger partial charge in [0.2, 0.25) is 0 Å². The largest absolute Gasteiger partial charge is 0.318 e. The minimum absolute atomic E-state index is 0.286. The second-order valence-corrected chi connectivity index (χ2v) is 7.46. The van der Waals surface area contributed by atoms with Crippen molar-refractivity contribution in [3.63, 3.8) is 0 Å². The Morgan fingerprint density at radius 3 is 2.80 bits per heavy atom. The summed E-state index contributed by atoms with van der Waals surface area (Å²) in [5.74, 6) is -0.636. The van der Waals surface area contributed by atoms with E-state index >= 15 is 0 Å². The van der Waals surface area contributed by atoms with Gasteiger partial charge in [0, 0.05) is 24.0 Å². The summed E-state index contributed by atoms with van der Waals surface area (Å²) in [6.07, 6.45) is 5.97. The molecule has 158 valence electrons. The van der Waals surface area contributed by atoms with Gasteiger partial charge in [-0.1, -0.05) is 26.0 Å². The van der Waals surface area contributed by atoms with Gasteiger partial charge in [0.15, 0.2) is 5.69 Å². The molecule has 0 saturated heterocycles. The van der Waals surface area contributed by atoms with Crippen molar-refractivity contribution in [3.8, 4) is 5.69 Å². The lowest BCUT2D eigenvalue weighted by Crippen LogP contribution is -2.27. The van der Waals surface area contributed by atoms with Crippen LogP contribution in [0.2, 0.25) is 0 Å². The van der Waals surface area contributed by atoms with E-state index in [-0.39, 0.29) is 11.7 Å². The van der Waals surface area contributed by atoms with Gasteiger partial charge in [-0.3, -0.25) is 9.48 Å². The zero-order valence-corrected chi connectivity index (χ0v) is 17.4. The van der Waals surface area contributed by atoms with Gasteiger partial charge < -0.3 is 10.2 Å². The average Bonchev–Trinajstić information content (AvgIpc) is 3.46. The first-order valence-corrected chi connectivity index (χ1v) is 10.5. The molecule has 8 heteroatoms. The molecule has 2 aromatic heterocycles. The predicted molar refractivity (Wildman–Crippen MR) is 114 cm³/mol. The number of nitrogens with one attached hydrogen (secondary N) is 1. The third-order valence-corrected chi connectivity index (χ3v) is 5.66. The molecule has 1 aromatic carbocycles. The van der Waals surface area contributed by atoms with Crippen molar-refractivity contribution in [2.24, 2.45) is 0 Å². The van der Waals surface area contributed by atoms with Gasteiger partial charge in [0.1, 0.15) is 11.5 Å². The standard InChI is InChI=1S/C22H27FN6O/c1-3-27(4-2)12-13-28-15-16(14-24-28)25-22(30)21-17-8-7-11-19(17)29(26-21)20-10-6-5-9-18(20)23/h5-6,9-10,14-15H,3-4,7-8,11-13H2,1-2H3,(H,25,30). The van der Waals surface area contributed by atoms with Crippen LogP contribution in [-0.4, -0.2) is 50.0 Å². The Morgan fingerprint density at radius 1 is 1.23 bits per heavy atom. The fourth-order valence-corrected chi connectivity index (χ4v) is 3.97. The number of halogens is 1. The number of nitrogens with zero attached hydrogens (tertiary/aromatic N) is 5. The van der Waals surface area contributed by atoms with Gasteiger partial charge in [-0.2, -0.15) is 10.2 Å². The monoisotopic (exact) mass is 410 g/mol. The first-order valence-electron chi connectivity index (χ1n) is 10.5. The maximum absolute atomic E-state index is 14.3. The number of hydrogen-bond acceptors (Lipinski definition) is 4. The molecule has 4 rings (SSSR count). The Balaban J connectivity index is 1.51. The van der Waals surface area contributed by atoms with Gasteiger partial charge in [-0.15, -0.1) is 0 Å². The number of carbonyl (C=O) groups is 1. The minimum atomic E-state index is -0.351. The smallest absolute Gasteiger partial charge is 0.276 e. The average molecular weight is 410 g/mol. The molecular formula is C22H27FN6O. The Kier molecular flexibility index (Phi) is 5.94. The number of fused-ring (bicyclic) bond motifs is 1. The SMILES string of the molecule is CCN(CC)CCn1cc(NC(=O)c2nn(-c3ccccc3F)c3c2CCC3)cn1. The van der Waals surface area contributed by atoms with Crippen molar-refractivity contribution in [2.45, 2.75) is 39.7 Å². The number of benzene rings is 1. The van der Waals surface area contributed by atoms with Crippen LogP contribution in [0.15, 0.2) is 36.7 Å². The zero-order chi connectivity index (χ0) is 21.1. The molecule has 0 atom stereocenters. The molecule has 1 N–H and O–H groups in total. The molecule has 3 aromatic rings. The van der Waals surface area contributed by atoms with Gasteiger partial charge >= 0.3 is 0 Å². The lowest BCUT2D eigenvalue weighted by molar-refractivity contribution is 0.102. The van der Waals surface area contributed by atoms with Crippen LogP contribution in [0.4, 0.5) is 10.1 Å². The molecule has 0 unspecified atom stereocenters. The number of para-hydroxylation sites is 1. The highest BCUT2D eigenvalue weighted by atomic mass is 19.1. The van der Waals surface area contributed by atoms with Crippen LogP contribution in [0.1, 0.15) is 42.0 Å². The number of likely N-dealkylation sites (N-methyl/N-ethyl adjacent to an activating group) is 1. The molecule has 0 saturated carbocycles. The lowest BCUT2D eigenvalue weighted by atomic mass is 10.2. The summed E-state index contributed by atoms with van der Waals surface area (Å²) in [6, 6.07) is 6.51. The number of hydrogen-bond donors (Lipinski definition) is 1. The van der Waals surface area contributed by atoms with Crippen molar-refractivity contribution in [1.82, 2.24) is 24.5 Å². The first kappa shape index (κ1) is 20.3. The van der Waals surface area contributed by atoms with Gasteiger partial charge in [-0.25, -0.2) is 9.07 Å². The zero-order valence-electron chi connectivity index (χ0n) is 17.4. The molecule has 2 heterocycles. The molecular weight excluding hydrogens is 383 g/mol. The highest BCUT2D eigenvalue weighted by Gasteiger charge is 2.28. The summed E-state index contributed by atoms with van der Waals surface area (Å²) >= 11 is 0. The third-order valence-electron chi connectivity index (χ3n) is 5.66. The lowest BCUT2D eigenvalue weighted by Gasteiger charge is -2.17. The van der Waals surface area contributed by atoms with Crippen molar-refractivity contribution in [1.29, 1.82) is 0 Å². The summed E-state index contributed by atoms with van der Waals surface area (Å²) in [4.78, 5) is 15.3. The van der Waals surface area contributed by atoms with Crippen LogP contribution in [0, 0.1) is 5.82 Å². The summed E-state index contributed by atoms with van der Waals surface area (Å²) in [5.41, 5.74) is 3.19. The highest BCUT2D eigenvalue weighted by molar-refractivity contribution is 6.04. The fraction of sp³-hybridized carbons (Fsp3) is 0.409. The second kappa shape index (κ2) is 8.79. The third kappa shape index (κ3) is 4.00. The van der Waals surface area contributed by atoms with Crippen molar-refractivity contribution in [3.05, 3.63) is 59.4 Å². The molecule has 7 nitrogen and oxygen atoms in total. The molecule has 0 bridgehead atoms. The number of aromatic nitrogens is 4. The van der Waals surface area contributed by atoms with E-state index in [0.717, 1.165) is 56.7 Å². The Labute approximate surface area is 175 Å². The van der Waals surface area contributed by atoms with Gasteiger partial charge in [0.25, 0.3) is 5.91 Å². The predicted octanol–water partition coefficient (Wildman–Crippen LogP) is 3.29. The summed E-state index contributed by atoms with van der Waals surface area (Å²) in [7, 11) is 0. The molecule has 1 aliphatic rings. The second-order valence-electron chi connectivity index (χ2n) is 7.46. The Morgan fingerprint density at radius 2 is 2.03 bits per heavy atom. The molecule has 0 fully saturated rings. The topological polar surface area (TPSA) is 68.0 Å². The van der Waals surface area contributed by atoms with E-state index in [2.05, 4.69) is 34.3 Å². The minimum Gasteiger partial charge on any atom is -0.318 e. The number of anilines is 1. The van der Waals surface area contributed by atoms with Crippen molar-refractivity contribution in [2.75, 3.05) is 25.0 Å². The van der Waals surface area contributed by atoms with Gasteiger partial charge in [0.05, 0.1) is 18.4 Å². The van der Waals surface area contributed by atoms with Crippen molar-refractivity contribution < 1.29 is 9.18 Å². The number of carbonyl (C=O) groups excluding carboxylic acids is 1.